The van der Waals surface area contributed by atoms with Crippen molar-refractivity contribution in [2.75, 3.05) is 25.1 Å². The van der Waals surface area contributed by atoms with Gasteiger partial charge in [-0.25, -0.2) is 0 Å². The normalized spacial score (nSPS) is 17.4. The number of nitrogens with one attached hydrogen (secondary N) is 1. The number of hydrogen-bond donors (Lipinski definition) is 1. The predicted octanol–water partition coefficient (Wildman–Crippen LogP) is 2.78. The zero-order valence-electron chi connectivity index (χ0n) is 10.2. The van der Waals surface area contributed by atoms with Crippen LogP contribution >= 0.6 is 11.6 Å². The van der Waals surface area contributed by atoms with Crippen molar-refractivity contribution in [3.63, 3.8) is 0 Å². The number of ether oxygens (including phenoxy) is 2. The van der Waals surface area contributed by atoms with Gasteiger partial charge in [-0.15, -0.1) is 0 Å². The quantitative estimate of drug-likeness (QED) is 0.910. The maximum Gasteiger partial charge on any atom is 0.167 e. The molecule has 0 saturated carbocycles. The minimum absolute atomic E-state index is 0.527. The molecule has 0 radical (unpaired) electrons. The summed E-state index contributed by atoms with van der Waals surface area (Å²) in [5.41, 5.74) is 1.21. The molecule has 1 heterocycles. The molecule has 1 fully saturated rings. The summed E-state index contributed by atoms with van der Waals surface area (Å²) >= 11 is 6.06. The van der Waals surface area contributed by atoms with E-state index in [0.29, 0.717) is 42.5 Å². The first kappa shape index (κ1) is 13.2. The van der Waals surface area contributed by atoms with Crippen molar-refractivity contribution in [3.8, 4) is 6.07 Å². The van der Waals surface area contributed by atoms with Crippen LogP contribution in [0.2, 0.25) is 5.02 Å². The molecule has 1 aromatic carbocycles. The second kappa shape index (κ2) is 5.57. The second-order valence-electron chi connectivity index (χ2n) is 4.28. The Bertz CT molecular complexity index is 465. The summed E-state index contributed by atoms with van der Waals surface area (Å²) in [6.07, 6.45) is 0.698. The van der Waals surface area contributed by atoms with Gasteiger partial charge in [0.05, 0.1) is 29.5 Å². The lowest BCUT2D eigenvalue weighted by Gasteiger charge is -2.22. The molecular formula is C13H15ClN2O2. The smallest absolute Gasteiger partial charge is 0.167 e. The van der Waals surface area contributed by atoms with Crippen molar-refractivity contribution in [3.05, 3.63) is 28.8 Å². The molecule has 1 aliphatic heterocycles. The van der Waals surface area contributed by atoms with E-state index in [2.05, 4.69) is 11.4 Å². The first-order valence-electron chi connectivity index (χ1n) is 5.85. The Morgan fingerprint density at radius 2 is 2.17 bits per heavy atom. The molecule has 0 aliphatic carbocycles. The Morgan fingerprint density at radius 3 is 2.83 bits per heavy atom. The monoisotopic (exact) mass is 266 g/mol. The van der Waals surface area contributed by atoms with Gasteiger partial charge in [-0.1, -0.05) is 17.7 Å². The van der Waals surface area contributed by atoms with Gasteiger partial charge in [-0.05, 0) is 19.1 Å². The first-order valence-corrected chi connectivity index (χ1v) is 6.23. The van der Waals surface area contributed by atoms with Gasteiger partial charge >= 0.3 is 0 Å². The number of nitrogens with zero attached hydrogens (tertiary/aromatic N) is 1. The fourth-order valence-corrected chi connectivity index (χ4v) is 2.15. The van der Waals surface area contributed by atoms with Crippen LogP contribution in [-0.2, 0) is 9.47 Å². The standard InChI is InChI=1S/C13H15ClN2O2/c1-13(17-7-8-18-13)5-6-16-12-10(9-15)3-2-4-11(12)14/h2-4,16H,5-8H2,1H3. The average Bonchev–Trinajstić information content (AvgIpc) is 2.78. The maximum atomic E-state index is 9.01. The minimum atomic E-state index is -0.527. The van der Waals surface area contributed by atoms with E-state index in [-0.39, 0.29) is 0 Å². The highest BCUT2D eigenvalue weighted by Crippen LogP contribution is 2.27. The summed E-state index contributed by atoms with van der Waals surface area (Å²) in [7, 11) is 0. The highest BCUT2D eigenvalue weighted by Gasteiger charge is 2.30. The van der Waals surface area contributed by atoms with E-state index in [1.807, 2.05) is 6.92 Å². The summed E-state index contributed by atoms with van der Waals surface area (Å²) in [6, 6.07) is 7.37. The van der Waals surface area contributed by atoms with Gasteiger partial charge in [0.25, 0.3) is 0 Å². The fourth-order valence-electron chi connectivity index (χ4n) is 1.91. The molecule has 0 unspecified atom stereocenters. The summed E-state index contributed by atoms with van der Waals surface area (Å²) < 4.78 is 11.0. The number of para-hydroxylation sites is 1. The zero-order valence-corrected chi connectivity index (χ0v) is 11.0. The molecular weight excluding hydrogens is 252 g/mol. The van der Waals surface area contributed by atoms with Crippen LogP contribution in [0, 0.1) is 11.3 Å². The molecule has 0 atom stereocenters. The lowest BCUT2D eigenvalue weighted by atomic mass is 10.1. The van der Waals surface area contributed by atoms with Gasteiger partial charge in [0.2, 0.25) is 0 Å². The summed E-state index contributed by atoms with van der Waals surface area (Å²) in [4.78, 5) is 0. The van der Waals surface area contributed by atoms with E-state index in [9.17, 15) is 0 Å². The molecule has 0 bridgehead atoms. The Balaban J connectivity index is 1.96. The van der Waals surface area contributed by atoms with Gasteiger partial charge in [0.15, 0.2) is 5.79 Å². The molecule has 0 spiro atoms. The molecule has 4 nitrogen and oxygen atoms in total. The second-order valence-corrected chi connectivity index (χ2v) is 4.69. The minimum Gasteiger partial charge on any atom is -0.383 e. The molecule has 5 heteroatoms. The van der Waals surface area contributed by atoms with Gasteiger partial charge in [-0.2, -0.15) is 5.26 Å². The summed E-state index contributed by atoms with van der Waals surface area (Å²) in [5.74, 6) is -0.527. The van der Waals surface area contributed by atoms with Gasteiger partial charge in [-0.3, -0.25) is 0 Å². The summed E-state index contributed by atoms with van der Waals surface area (Å²) in [6.45, 7) is 3.81. The Labute approximate surface area is 111 Å². The molecule has 1 N–H and O–H groups in total. The van der Waals surface area contributed by atoms with Crippen LogP contribution in [0.4, 0.5) is 5.69 Å². The number of rotatable bonds is 4. The van der Waals surface area contributed by atoms with Crippen molar-refractivity contribution in [2.45, 2.75) is 19.1 Å². The SMILES string of the molecule is CC1(CCNc2c(Cl)cccc2C#N)OCCO1. The number of nitriles is 1. The zero-order chi connectivity index (χ0) is 13.0. The third-order valence-corrected chi connectivity index (χ3v) is 3.23. The highest BCUT2D eigenvalue weighted by atomic mass is 35.5. The van der Waals surface area contributed by atoms with E-state index in [4.69, 9.17) is 26.3 Å². The average molecular weight is 267 g/mol. The van der Waals surface area contributed by atoms with Crippen LogP contribution < -0.4 is 5.32 Å². The van der Waals surface area contributed by atoms with Gasteiger partial charge < -0.3 is 14.8 Å². The number of hydrogen-bond acceptors (Lipinski definition) is 4. The van der Waals surface area contributed by atoms with Crippen LogP contribution in [0.15, 0.2) is 18.2 Å². The molecule has 2 rings (SSSR count). The molecule has 1 aromatic rings. The van der Waals surface area contributed by atoms with Crippen LogP contribution in [0.1, 0.15) is 18.9 Å². The Morgan fingerprint density at radius 1 is 1.44 bits per heavy atom. The van der Waals surface area contributed by atoms with Crippen molar-refractivity contribution in [1.29, 1.82) is 5.26 Å². The summed E-state index contributed by atoms with van der Waals surface area (Å²) in [5, 5.41) is 12.7. The highest BCUT2D eigenvalue weighted by molar-refractivity contribution is 6.33. The van der Waals surface area contributed by atoms with Crippen LogP contribution in [0.5, 0.6) is 0 Å². The topological polar surface area (TPSA) is 54.3 Å². The van der Waals surface area contributed by atoms with Crippen molar-refractivity contribution in [2.24, 2.45) is 0 Å². The first-order chi connectivity index (χ1) is 8.64. The number of benzene rings is 1. The maximum absolute atomic E-state index is 9.01. The number of anilines is 1. The van der Waals surface area contributed by atoms with Crippen LogP contribution in [0.3, 0.4) is 0 Å². The van der Waals surface area contributed by atoms with Crippen LogP contribution in [0.25, 0.3) is 0 Å². The molecule has 1 aliphatic rings. The van der Waals surface area contributed by atoms with Crippen LogP contribution in [-0.4, -0.2) is 25.5 Å². The Hall–Kier alpha value is -1.28. The fraction of sp³-hybridized carbons (Fsp3) is 0.462. The van der Waals surface area contributed by atoms with E-state index in [1.54, 1.807) is 18.2 Å². The van der Waals surface area contributed by atoms with Crippen molar-refractivity contribution < 1.29 is 9.47 Å². The van der Waals surface area contributed by atoms with Crippen molar-refractivity contribution >= 4 is 17.3 Å². The van der Waals surface area contributed by atoms with E-state index < -0.39 is 5.79 Å². The predicted molar refractivity (Wildman–Crippen MR) is 69.6 cm³/mol. The molecule has 1 saturated heterocycles. The Kier molecular flexibility index (Phi) is 4.07. The molecule has 96 valence electrons. The van der Waals surface area contributed by atoms with Gasteiger partial charge in [0.1, 0.15) is 6.07 Å². The molecule has 18 heavy (non-hydrogen) atoms. The largest absolute Gasteiger partial charge is 0.383 e. The lowest BCUT2D eigenvalue weighted by Crippen LogP contribution is -2.28. The number of halogens is 1. The molecule has 0 amide bonds. The third-order valence-electron chi connectivity index (χ3n) is 2.91. The van der Waals surface area contributed by atoms with E-state index in [0.717, 1.165) is 0 Å². The lowest BCUT2D eigenvalue weighted by molar-refractivity contribution is -0.144. The van der Waals surface area contributed by atoms with Gasteiger partial charge in [0, 0.05) is 13.0 Å². The van der Waals surface area contributed by atoms with E-state index >= 15 is 0 Å². The van der Waals surface area contributed by atoms with Crippen molar-refractivity contribution in [1.82, 2.24) is 0 Å². The van der Waals surface area contributed by atoms with E-state index in [1.165, 1.54) is 0 Å². The third kappa shape index (κ3) is 2.94. The molecule has 0 aromatic heterocycles.